The number of hydrogen-bond donors (Lipinski definition) is 1. The van der Waals surface area contributed by atoms with Crippen molar-refractivity contribution in [3.63, 3.8) is 0 Å². The predicted molar refractivity (Wildman–Crippen MR) is 79.3 cm³/mol. The summed E-state index contributed by atoms with van der Waals surface area (Å²) in [6.45, 7) is 6.51. The number of rotatable bonds is 5. The fraction of sp³-hybridized carbons (Fsp3) is 0.333. The normalized spacial score (nSPS) is 11.1. The number of hydrogen-bond acceptors (Lipinski definition) is 4. The highest BCUT2D eigenvalue weighted by atomic mass is 32.2. The summed E-state index contributed by atoms with van der Waals surface area (Å²) in [6, 6.07) is 5.40. The molecule has 1 aromatic carbocycles. The SMILES string of the molecule is Cc1cnc(Sc2cccc(F)c2CNC(C)C)nc1. The maximum Gasteiger partial charge on any atom is 0.192 e. The molecule has 1 aromatic heterocycles. The fourth-order valence-corrected chi connectivity index (χ4v) is 2.49. The summed E-state index contributed by atoms with van der Waals surface area (Å²) in [6.07, 6.45) is 3.53. The number of halogens is 1. The van der Waals surface area contributed by atoms with Gasteiger partial charge in [0, 0.05) is 35.4 Å². The minimum atomic E-state index is -0.199. The lowest BCUT2D eigenvalue weighted by Gasteiger charge is -2.12. The minimum absolute atomic E-state index is 0.199. The Morgan fingerprint density at radius 3 is 2.60 bits per heavy atom. The molecule has 106 valence electrons. The molecule has 0 aliphatic carbocycles. The van der Waals surface area contributed by atoms with E-state index in [0.29, 0.717) is 23.3 Å². The molecule has 5 heteroatoms. The van der Waals surface area contributed by atoms with Crippen molar-refractivity contribution in [2.45, 2.75) is 43.4 Å². The van der Waals surface area contributed by atoms with E-state index in [1.165, 1.54) is 17.8 Å². The third kappa shape index (κ3) is 4.02. The van der Waals surface area contributed by atoms with Crippen LogP contribution in [0.1, 0.15) is 25.0 Å². The highest BCUT2D eigenvalue weighted by molar-refractivity contribution is 7.99. The Bertz CT molecular complexity index is 570. The standard InChI is InChI=1S/C15H18FN3S/c1-10(2)17-9-12-13(16)5-4-6-14(12)20-15-18-7-11(3)8-19-15/h4-8,10,17H,9H2,1-3H3. The first-order chi connectivity index (χ1) is 9.56. The molecule has 0 unspecified atom stereocenters. The van der Waals surface area contributed by atoms with Crippen LogP contribution in [0.3, 0.4) is 0 Å². The Labute approximate surface area is 123 Å². The van der Waals surface area contributed by atoms with E-state index in [2.05, 4.69) is 15.3 Å². The molecule has 0 bridgehead atoms. The zero-order valence-electron chi connectivity index (χ0n) is 11.9. The van der Waals surface area contributed by atoms with Crippen molar-refractivity contribution in [3.05, 3.63) is 47.5 Å². The van der Waals surface area contributed by atoms with Crippen molar-refractivity contribution in [3.8, 4) is 0 Å². The Balaban J connectivity index is 2.22. The molecular weight excluding hydrogens is 273 g/mol. The molecule has 3 nitrogen and oxygen atoms in total. The third-order valence-corrected chi connectivity index (χ3v) is 3.72. The van der Waals surface area contributed by atoms with Gasteiger partial charge in [-0.2, -0.15) is 0 Å². The number of nitrogens with zero attached hydrogens (tertiary/aromatic N) is 2. The molecular formula is C15H18FN3S. The summed E-state index contributed by atoms with van der Waals surface area (Å²) >= 11 is 1.39. The molecule has 0 aliphatic rings. The molecule has 1 heterocycles. The number of aryl methyl sites for hydroxylation is 1. The second-order valence-electron chi connectivity index (χ2n) is 4.90. The van der Waals surface area contributed by atoms with Crippen LogP contribution in [0.4, 0.5) is 4.39 Å². The molecule has 0 aliphatic heterocycles. The lowest BCUT2D eigenvalue weighted by atomic mass is 10.2. The van der Waals surface area contributed by atoms with Crippen molar-refractivity contribution in [1.82, 2.24) is 15.3 Å². The summed E-state index contributed by atoms with van der Waals surface area (Å²) in [5, 5.41) is 3.88. The lowest BCUT2D eigenvalue weighted by molar-refractivity contribution is 0.546. The smallest absolute Gasteiger partial charge is 0.192 e. The topological polar surface area (TPSA) is 37.8 Å². The first-order valence-electron chi connectivity index (χ1n) is 6.53. The van der Waals surface area contributed by atoms with Gasteiger partial charge in [0.05, 0.1) is 0 Å². The number of nitrogens with one attached hydrogen (secondary N) is 1. The van der Waals surface area contributed by atoms with Crippen LogP contribution in [0, 0.1) is 12.7 Å². The van der Waals surface area contributed by atoms with Crippen molar-refractivity contribution < 1.29 is 4.39 Å². The molecule has 0 saturated carbocycles. The summed E-state index contributed by atoms with van der Waals surface area (Å²) in [5.41, 5.74) is 1.67. The van der Waals surface area contributed by atoms with E-state index in [-0.39, 0.29) is 5.82 Å². The van der Waals surface area contributed by atoms with Crippen LogP contribution in [0.5, 0.6) is 0 Å². The van der Waals surface area contributed by atoms with Crippen LogP contribution in [0.15, 0.2) is 40.6 Å². The third-order valence-electron chi connectivity index (χ3n) is 2.72. The fourth-order valence-electron chi connectivity index (χ4n) is 1.64. The first-order valence-corrected chi connectivity index (χ1v) is 7.35. The van der Waals surface area contributed by atoms with E-state index < -0.39 is 0 Å². The van der Waals surface area contributed by atoms with Gasteiger partial charge in [0.2, 0.25) is 0 Å². The van der Waals surface area contributed by atoms with Gasteiger partial charge in [-0.1, -0.05) is 19.9 Å². The summed E-state index contributed by atoms with van der Waals surface area (Å²) in [4.78, 5) is 9.35. The van der Waals surface area contributed by atoms with Crippen LogP contribution in [-0.2, 0) is 6.54 Å². The van der Waals surface area contributed by atoms with E-state index in [1.807, 2.05) is 26.8 Å². The van der Waals surface area contributed by atoms with E-state index in [4.69, 9.17) is 0 Å². The van der Waals surface area contributed by atoms with E-state index in [1.54, 1.807) is 18.5 Å². The molecule has 2 rings (SSSR count). The monoisotopic (exact) mass is 291 g/mol. The van der Waals surface area contributed by atoms with Gasteiger partial charge in [0.1, 0.15) is 5.82 Å². The quantitative estimate of drug-likeness (QED) is 0.855. The zero-order valence-corrected chi connectivity index (χ0v) is 12.7. The van der Waals surface area contributed by atoms with Crippen LogP contribution in [0.2, 0.25) is 0 Å². The molecule has 0 saturated heterocycles. The maximum atomic E-state index is 14.0. The van der Waals surface area contributed by atoms with Crippen LogP contribution in [-0.4, -0.2) is 16.0 Å². The molecule has 0 spiro atoms. The molecule has 0 fully saturated rings. The summed E-state index contributed by atoms with van der Waals surface area (Å²) in [7, 11) is 0. The lowest BCUT2D eigenvalue weighted by Crippen LogP contribution is -2.22. The van der Waals surface area contributed by atoms with E-state index in [0.717, 1.165) is 10.5 Å². The second kappa shape index (κ2) is 6.81. The van der Waals surface area contributed by atoms with E-state index in [9.17, 15) is 4.39 Å². The van der Waals surface area contributed by atoms with Crippen molar-refractivity contribution in [2.75, 3.05) is 0 Å². The summed E-state index contributed by atoms with van der Waals surface area (Å²) < 4.78 is 14.0. The Morgan fingerprint density at radius 1 is 1.25 bits per heavy atom. The van der Waals surface area contributed by atoms with Crippen LogP contribution >= 0.6 is 11.8 Å². The zero-order chi connectivity index (χ0) is 14.5. The largest absolute Gasteiger partial charge is 0.310 e. The second-order valence-corrected chi connectivity index (χ2v) is 5.91. The van der Waals surface area contributed by atoms with Gasteiger partial charge in [-0.25, -0.2) is 14.4 Å². The average molecular weight is 291 g/mol. The molecule has 20 heavy (non-hydrogen) atoms. The molecule has 2 aromatic rings. The molecule has 0 amide bonds. The van der Waals surface area contributed by atoms with Gasteiger partial charge in [-0.15, -0.1) is 0 Å². The predicted octanol–water partition coefficient (Wildman–Crippen LogP) is 3.57. The Morgan fingerprint density at radius 2 is 1.95 bits per heavy atom. The summed E-state index contributed by atoms with van der Waals surface area (Å²) in [5.74, 6) is -0.199. The average Bonchev–Trinajstić information content (AvgIpc) is 2.40. The van der Waals surface area contributed by atoms with Crippen molar-refractivity contribution in [1.29, 1.82) is 0 Å². The highest BCUT2D eigenvalue weighted by Gasteiger charge is 2.11. The molecule has 0 radical (unpaired) electrons. The maximum absolute atomic E-state index is 14.0. The first kappa shape index (κ1) is 14.9. The number of aromatic nitrogens is 2. The van der Waals surface area contributed by atoms with Gasteiger partial charge < -0.3 is 5.32 Å². The van der Waals surface area contributed by atoms with Crippen molar-refractivity contribution >= 4 is 11.8 Å². The Kier molecular flexibility index (Phi) is 5.09. The van der Waals surface area contributed by atoms with Crippen LogP contribution in [0.25, 0.3) is 0 Å². The number of benzene rings is 1. The van der Waals surface area contributed by atoms with Gasteiger partial charge in [0.25, 0.3) is 0 Å². The van der Waals surface area contributed by atoms with Gasteiger partial charge >= 0.3 is 0 Å². The molecule has 0 atom stereocenters. The van der Waals surface area contributed by atoms with Gasteiger partial charge in [-0.3, -0.25) is 0 Å². The highest BCUT2D eigenvalue weighted by Crippen LogP contribution is 2.29. The van der Waals surface area contributed by atoms with Crippen LogP contribution < -0.4 is 5.32 Å². The van der Waals surface area contributed by atoms with Crippen molar-refractivity contribution in [2.24, 2.45) is 0 Å². The van der Waals surface area contributed by atoms with E-state index >= 15 is 0 Å². The van der Waals surface area contributed by atoms with Gasteiger partial charge in [0.15, 0.2) is 5.16 Å². The van der Waals surface area contributed by atoms with Gasteiger partial charge in [-0.05, 0) is 36.4 Å². The Hall–Kier alpha value is -1.46. The minimum Gasteiger partial charge on any atom is -0.310 e. The molecule has 1 N–H and O–H groups in total.